The quantitative estimate of drug-likeness (QED) is 0.326. The predicted molar refractivity (Wildman–Crippen MR) is 118 cm³/mol. The van der Waals surface area contributed by atoms with Crippen LogP contribution in [0.1, 0.15) is 0 Å². The van der Waals surface area contributed by atoms with Crippen LogP contribution in [0.5, 0.6) is 17.2 Å². The highest BCUT2D eigenvalue weighted by molar-refractivity contribution is 7.79. The lowest BCUT2D eigenvalue weighted by Gasteiger charge is -2.19. The highest BCUT2D eigenvalue weighted by atomic mass is 31.2. The van der Waals surface area contributed by atoms with Gasteiger partial charge in [-0.1, -0.05) is 12.1 Å². The summed E-state index contributed by atoms with van der Waals surface area (Å²) in [6.45, 7) is 0. The Bertz CT molecular complexity index is 982. The second kappa shape index (κ2) is 11.0. The van der Waals surface area contributed by atoms with Crippen molar-refractivity contribution in [3.63, 3.8) is 0 Å². The van der Waals surface area contributed by atoms with Gasteiger partial charge in [-0.15, -0.1) is 9.79 Å². The fourth-order valence-electron chi connectivity index (χ4n) is 2.69. The van der Waals surface area contributed by atoms with Gasteiger partial charge >= 0.3 is 25.1 Å². The van der Waals surface area contributed by atoms with Gasteiger partial charge < -0.3 is 14.3 Å². The molecule has 160 valence electrons. The van der Waals surface area contributed by atoms with Crippen LogP contribution < -0.4 is 29.5 Å². The Balaban J connectivity index is 1.97. The van der Waals surface area contributed by atoms with Gasteiger partial charge in [0.1, 0.15) is 5.75 Å². The first kappa shape index (κ1) is 23.6. The molecule has 0 aliphatic heterocycles. The molecule has 3 aromatic carbocycles. The average molecular weight is 500 g/mol. The second-order valence-electron chi connectivity index (χ2n) is 5.82. The monoisotopic (exact) mass is 500 g/mol. The molecule has 0 fully saturated rings. The number of benzene rings is 3. The van der Waals surface area contributed by atoms with Gasteiger partial charge in [0.05, 0.1) is 0 Å². The molecule has 0 aliphatic rings. The maximum Gasteiger partial charge on any atom is 0.747 e. The van der Waals surface area contributed by atoms with Gasteiger partial charge in [0.2, 0.25) is 0 Å². The topological polar surface area (TPSA) is 143 Å². The van der Waals surface area contributed by atoms with E-state index in [4.69, 9.17) is 33.1 Å². The van der Waals surface area contributed by atoms with Crippen LogP contribution in [0.4, 0.5) is 0 Å². The summed E-state index contributed by atoms with van der Waals surface area (Å²) in [6, 6.07) is 20.3. The van der Waals surface area contributed by atoms with Crippen LogP contribution in [-0.4, -0.2) is 19.6 Å². The Kier molecular flexibility index (Phi) is 8.39. The molecule has 2 atom stereocenters. The van der Waals surface area contributed by atoms with Gasteiger partial charge in [-0.3, -0.25) is 0 Å². The molecule has 0 saturated heterocycles. The molecule has 3 aromatic rings. The fraction of sp³-hybridized carbons (Fsp3) is 0. The van der Waals surface area contributed by atoms with E-state index < -0.39 is 33.0 Å². The van der Waals surface area contributed by atoms with Gasteiger partial charge in [-0.25, -0.2) is 9.05 Å². The first-order valence-electron chi connectivity index (χ1n) is 8.46. The lowest BCUT2D eigenvalue weighted by Crippen LogP contribution is -2.20. The van der Waals surface area contributed by atoms with Gasteiger partial charge in [0.15, 0.2) is 11.5 Å². The van der Waals surface area contributed by atoms with Crippen LogP contribution in [0.3, 0.4) is 0 Å². The van der Waals surface area contributed by atoms with Crippen molar-refractivity contribution in [2.45, 2.75) is 0 Å². The molecule has 13 heteroatoms. The van der Waals surface area contributed by atoms with Crippen molar-refractivity contribution >= 4 is 48.9 Å². The van der Waals surface area contributed by atoms with Crippen molar-refractivity contribution < 1.29 is 42.3 Å². The highest BCUT2D eigenvalue weighted by Gasteiger charge is 2.20. The number of rotatable bonds is 9. The van der Waals surface area contributed by atoms with E-state index in [1.807, 2.05) is 0 Å². The van der Waals surface area contributed by atoms with Crippen molar-refractivity contribution in [2.75, 3.05) is 0 Å². The normalized spacial score (nSPS) is 12.8. The molecule has 0 spiro atoms. The lowest BCUT2D eigenvalue weighted by atomic mass is 10.3. The summed E-state index contributed by atoms with van der Waals surface area (Å²) < 4.78 is 36.3. The van der Waals surface area contributed by atoms with Crippen molar-refractivity contribution in [3.05, 3.63) is 72.8 Å². The first-order chi connectivity index (χ1) is 14.8. The van der Waals surface area contributed by atoms with Gasteiger partial charge in [-0.2, -0.15) is 0 Å². The Morgan fingerprint density at radius 3 is 1.19 bits per heavy atom. The van der Waals surface area contributed by atoms with E-state index in [2.05, 4.69) is 0 Å². The van der Waals surface area contributed by atoms with Crippen LogP contribution >= 0.6 is 33.0 Å². The maximum absolute atomic E-state index is 10.9. The van der Waals surface area contributed by atoms with Crippen molar-refractivity contribution in [2.24, 2.45) is 0 Å². The van der Waals surface area contributed by atoms with Crippen LogP contribution in [0.15, 0.2) is 72.8 Å². The van der Waals surface area contributed by atoms with Crippen molar-refractivity contribution in [3.8, 4) is 17.2 Å². The van der Waals surface area contributed by atoms with Gasteiger partial charge in [0, 0.05) is 9.13 Å². The standard InChI is InChI=1S/C18H14O9P4/c19-29(20)25-13-1-7-16(8-2-13)28(17-9-3-14(4-10-17)26-30(21)22)18-11-5-15(6-12-18)27-31(23)24/h1-12,19-20H/p+2. The van der Waals surface area contributed by atoms with Gasteiger partial charge in [-0.05, 0) is 84.5 Å². The largest absolute Gasteiger partial charge is 0.747 e. The van der Waals surface area contributed by atoms with E-state index in [-0.39, 0.29) is 11.5 Å². The zero-order valence-electron chi connectivity index (χ0n) is 15.5. The molecule has 0 aliphatic carbocycles. The molecule has 31 heavy (non-hydrogen) atoms. The molecule has 3 rings (SSSR count). The zero-order chi connectivity index (χ0) is 22.4. The smallest absolute Gasteiger partial charge is 0.427 e. The van der Waals surface area contributed by atoms with E-state index in [1.54, 1.807) is 72.8 Å². The summed E-state index contributed by atoms with van der Waals surface area (Å²) in [4.78, 5) is 35.9. The predicted octanol–water partition coefficient (Wildman–Crippen LogP) is 3.09. The molecule has 4 N–H and O–H groups in total. The third-order valence-corrected chi connectivity index (χ3v) is 7.39. The van der Waals surface area contributed by atoms with Crippen LogP contribution in [0, 0.1) is 0 Å². The molecule has 0 amide bonds. The van der Waals surface area contributed by atoms with Crippen molar-refractivity contribution in [1.82, 2.24) is 0 Å². The van der Waals surface area contributed by atoms with Crippen LogP contribution in [0.2, 0.25) is 0 Å². The molecule has 9 nitrogen and oxygen atoms in total. The molecular formula is C18H16O9P4+2. The molecule has 2 unspecified atom stereocenters. The number of hydrogen-bond acceptors (Lipinski definition) is 7. The van der Waals surface area contributed by atoms with Crippen LogP contribution in [0.25, 0.3) is 0 Å². The van der Waals surface area contributed by atoms with E-state index >= 15 is 0 Å². The molecule has 0 radical (unpaired) electrons. The molecule has 0 saturated carbocycles. The summed E-state index contributed by atoms with van der Waals surface area (Å²) in [5, 5.41) is 2.71. The van der Waals surface area contributed by atoms with Gasteiger partial charge in [0.25, 0.3) is 0 Å². The van der Waals surface area contributed by atoms with E-state index in [9.17, 15) is 9.13 Å². The summed E-state index contributed by atoms with van der Waals surface area (Å²) in [6.07, 6.45) is 0. The van der Waals surface area contributed by atoms with E-state index in [0.717, 1.165) is 15.9 Å². The Labute approximate surface area is 181 Å². The minimum absolute atomic E-state index is 0.251. The summed E-state index contributed by atoms with van der Waals surface area (Å²) in [7, 11) is -9.16. The Morgan fingerprint density at radius 1 is 0.581 bits per heavy atom. The Hall–Kier alpha value is -2.04. The fourth-order valence-corrected chi connectivity index (χ4v) is 5.84. The Morgan fingerprint density at radius 2 is 0.903 bits per heavy atom. The first-order valence-corrected chi connectivity index (χ1v) is 13.2. The van der Waals surface area contributed by atoms with Crippen molar-refractivity contribution in [1.29, 1.82) is 0 Å². The molecule has 0 bridgehead atoms. The number of hydrogen-bond donors (Lipinski definition) is 4. The summed E-state index contributed by atoms with van der Waals surface area (Å²) in [5.74, 6) is 0.808. The second-order valence-corrected chi connectivity index (χ2v) is 10.0. The maximum atomic E-state index is 10.9. The third-order valence-electron chi connectivity index (χ3n) is 3.84. The average Bonchev–Trinajstić information content (AvgIpc) is 2.71. The third kappa shape index (κ3) is 6.98. The zero-order valence-corrected chi connectivity index (χ0v) is 19.1. The van der Waals surface area contributed by atoms with E-state index in [1.165, 1.54) is 0 Å². The van der Waals surface area contributed by atoms with E-state index in [0.29, 0.717) is 5.75 Å². The molecular weight excluding hydrogens is 484 g/mol. The van der Waals surface area contributed by atoms with Crippen LogP contribution in [-0.2, 0) is 9.13 Å². The molecule has 0 aromatic heterocycles. The lowest BCUT2D eigenvalue weighted by molar-refractivity contribution is 0.375. The highest BCUT2D eigenvalue weighted by Crippen LogP contribution is 2.36. The minimum Gasteiger partial charge on any atom is -0.427 e. The minimum atomic E-state index is -2.77. The molecule has 0 heterocycles. The summed E-state index contributed by atoms with van der Waals surface area (Å²) in [5.41, 5.74) is 0. The SMILES string of the molecule is O=[P+](O)Oc1ccc(P(c2ccc(OP(O)O)cc2)c2ccc(O[P+](=O)O)cc2)cc1. The summed E-state index contributed by atoms with van der Waals surface area (Å²) >= 11 is 0.